The Balaban J connectivity index is 0.00000147. The molecule has 1 aliphatic carbocycles. The number of methoxy groups -OCH3 is 1. The number of carbonyl (C=O) groups is 1. The Morgan fingerprint density at radius 1 is 1.45 bits per heavy atom. The molecule has 0 spiro atoms. The molecule has 1 aliphatic heterocycles. The molecule has 6 heteroatoms. The van der Waals surface area contributed by atoms with Crippen molar-refractivity contribution in [2.75, 3.05) is 20.2 Å². The molecule has 2 heterocycles. The third kappa shape index (κ3) is 2.67. The van der Waals surface area contributed by atoms with Gasteiger partial charge in [-0.2, -0.15) is 0 Å². The highest BCUT2D eigenvalue weighted by molar-refractivity contribution is 7.12. The summed E-state index contributed by atoms with van der Waals surface area (Å²) in [5.41, 5.74) is 6.20. The maximum absolute atomic E-state index is 12.6. The summed E-state index contributed by atoms with van der Waals surface area (Å²) in [6, 6.07) is 2.12. The highest BCUT2D eigenvalue weighted by Crippen LogP contribution is 2.37. The van der Waals surface area contributed by atoms with Gasteiger partial charge in [0.05, 0.1) is 7.11 Å². The van der Waals surface area contributed by atoms with Crippen LogP contribution in [0.1, 0.15) is 28.9 Å². The first kappa shape index (κ1) is 15.6. The molecule has 1 saturated carbocycles. The van der Waals surface area contributed by atoms with Gasteiger partial charge in [-0.25, -0.2) is 0 Å². The Kier molecular flexibility index (Phi) is 4.94. The summed E-state index contributed by atoms with van der Waals surface area (Å²) in [6.07, 6.45) is 3.52. The van der Waals surface area contributed by atoms with E-state index in [0.717, 1.165) is 24.4 Å². The van der Waals surface area contributed by atoms with Crippen molar-refractivity contribution in [2.45, 2.75) is 25.3 Å². The van der Waals surface area contributed by atoms with Crippen molar-refractivity contribution in [3.05, 3.63) is 16.3 Å². The zero-order chi connectivity index (χ0) is 13.4. The van der Waals surface area contributed by atoms with Crippen LogP contribution in [0.25, 0.3) is 0 Å². The summed E-state index contributed by atoms with van der Waals surface area (Å²) in [6.45, 7) is 1.67. The van der Waals surface area contributed by atoms with Crippen molar-refractivity contribution in [2.24, 2.45) is 17.6 Å². The van der Waals surface area contributed by atoms with Crippen LogP contribution in [0.15, 0.2) is 11.4 Å². The van der Waals surface area contributed by atoms with Gasteiger partial charge < -0.3 is 15.4 Å². The first-order chi connectivity index (χ1) is 9.20. The number of halogens is 1. The number of nitrogens with two attached hydrogens (primary N) is 1. The fourth-order valence-corrected chi connectivity index (χ4v) is 4.27. The van der Waals surface area contributed by atoms with Gasteiger partial charge in [-0.15, -0.1) is 23.7 Å². The van der Waals surface area contributed by atoms with Crippen molar-refractivity contribution in [3.63, 3.8) is 0 Å². The molecule has 2 N–H and O–H groups in total. The van der Waals surface area contributed by atoms with Crippen LogP contribution in [0.3, 0.4) is 0 Å². The Morgan fingerprint density at radius 3 is 2.95 bits per heavy atom. The van der Waals surface area contributed by atoms with Crippen LogP contribution in [0.2, 0.25) is 0 Å². The Hall–Kier alpha value is -0.780. The monoisotopic (exact) mass is 316 g/mol. The minimum absolute atomic E-state index is 0. The lowest BCUT2D eigenvalue weighted by Crippen LogP contribution is -2.38. The summed E-state index contributed by atoms with van der Waals surface area (Å²) >= 11 is 1.46. The number of likely N-dealkylation sites (tertiary alicyclic amines) is 1. The average molecular weight is 317 g/mol. The van der Waals surface area contributed by atoms with E-state index in [4.69, 9.17) is 10.5 Å². The van der Waals surface area contributed by atoms with Crippen molar-refractivity contribution >= 4 is 29.7 Å². The lowest BCUT2D eigenvalue weighted by molar-refractivity contribution is 0.0785. The van der Waals surface area contributed by atoms with Crippen LogP contribution in [0.4, 0.5) is 0 Å². The molecule has 112 valence electrons. The molecule has 3 rings (SSSR count). The molecule has 0 bridgehead atoms. The number of hydrogen-bond donors (Lipinski definition) is 1. The predicted molar refractivity (Wildman–Crippen MR) is 82.8 cm³/mol. The summed E-state index contributed by atoms with van der Waals surface area (Å²) < 4.78 is 5.24. The minimum atomic E-state index is 0. The maximum Gasteiger partial charge on any atom is 0.267 e. The maximum atomic E-state index is 12.6. The SMILES string of the molecule is COc1ccsc1C(=O)N1CC2CCCC(N)C2C1.Cl. The zero-order valence-electron chi connectivity index (χ0n) is 11.6. The fraction of sp³-hybridized carbons (Fsp3) is 0.643. The summed E-state index contributed by atoms with van der Waals surface area (Å²) in [5, 5.41) is 1.90. The van der Waals surface area contributed by atoms with E-state index >= 15 is 0 Å². The molecule has 20 heavy (non-hydrogen) atoms. The van der Waals surface area contributed by atoms with E-state index in [2.05, 4.69) is 0 Å². The third-order valence-corrected chi connectivity index (χ3v) is 5.37. The second-order valence-corrected chi connectivity index (χ2v) is 6.46. The Bertz CT molecular complexity index is 479. The van der Waals surface area contributed by atoms with E-state index in [1.165, 1.54) is 24.2 Å². The molecule has 1 saturated heterocycles. The van der Waals surface area contributed by atoms with E-state index in [1.807, 2.05) is 16.3 Å². The van der Waals surface area contributed by atoms with Crippen LogP contribution in [-0.2, 0) is 0 Å². The van der Waals surface area contributed by atoms with Gasteiger partial charge in [-0.05, 0) is 36.1 Å². The highest BCUT2D eigenvalue weighted by atomic mass is 35.5. The van der Waals surface area contributed by atoms with Crippen molar-refractivity contribution in [1.82, 2.24) is 4.90 Å². The molecule has 2 aliphatic rings. The molecule has 2 fully saturated rings. The van der Waals surface area contributed by atoms with Crippen LogP contribution < -0.4 is 10.5 Å². The molecule has 4 nitrogen and oxygen atoms in total. The van der Waals surface area contributed by atoms with Gasteiger partial charge in [0.2, 0.25) is 0 Å². The summed E-state index contributed by atoms with van der Waals surface area (Å²) in [7, 11) is 1.61. The average Bonchev–Trinajstić information content (AvgIpc) is 3.04. The Labute approximate surface area is 129 Å². The van der Waals surface area contributed by atoms with E-state index in [9.17, 15) is 4.79 Å². The number of fused-ring (bicyclic) bond motifs is 1. The van der Waals surface area contributed by atoms with E-state index in [-0.39, 0.29) is 24.4 Å². The minimum Gasteiger partial charge on any atom is -0.495 e. The number of rotatable bonds is 2. The molecular formula is C14H21ClN2O2S. The van der Waals surface area contributed by atoms with Crippen molar-refractivity contribution in [1.29, 1.82) is 0 Å². The number of carbonyl (C=O) groups excluding carboxylic acids is 1. The van der Waals surface area contributed by atoms with Gasteiger partial charge in [0.15, 0.2) is 0 Å². The van der Waals surface area contributed by atoms with E-state index in [0.29, 0.717) is 17.6 Å². The summed E-state index contributed by atoms with van der Waals surface area (Å²) in [4.78, 5) is 15.2. The van der Waals surface area contributed by atoms with Gasteiger partial charge in [-0.1, -0.05) is 6.42 Å². The van der Waals surface area contributed by atoms with Gasteiger partial charge in [0, 0.05) is 19.1 Å². The number of ether oxygens (including phenoxy) is 1. The molecule has 0 radical (unpaired) electrons. The highest BCUT2D eigenvalue weighted by Gasteiger charge is 2.41. The number of hydrogen-bond acceptors (Lipinski definition) is 4. The van der Waals surface area contributed by atoms with Gasteiger partial charge in [0.25, 0.3) is 5.91 Å². The molecule has 3 unspecified atom stereocenters. The topological polar surface area (TPSA) is 55.6 Å². The van der Waals surface area contributed by atoms with Crippen LogP contribution in [-0.4, -0.2) is 37.0 Å². The normalized spacial score (nSPS) is 28.7. The molecule has 0 aromatic carbocycles. The predicted octanol–water partition coefficient (Wildman–Crippen LogP) is 2.38. The second kappa shape index (κ2) is 6.33. The quantitative estimate of drug-likeness (QED) is 0.911. The number of amides is 1. The van der Waals surface area contributed by atoms with Crippen LogP contribution in [0, 0.1) is 11.8 Å². The fourth-order valence-electron chi connectivity index (χ4n) is 3.44. The van der Waals surface area contributed by atoms with E-state index < -0.39 is 0 Å². The van der Waals surface area contributed by atoms with Crippen molar-refractivity contribution in [3.8, 4) is 5.75 Å². The van der Waals surface area contributed by atoms with Gasteiger partial charge >= 0.3 is 0 Å². The second-order valence-electron chi connectivity index (χ2n) is 5.55. The lowest BCUT2D eigenvalue weighted by Gasteiger charge is -2.29. The van der Waals surface area contributed by atoms with Gasteiger partial charge in [0.1, 0.15) is 10.6 Å². The first-order valence-corrected chi connectivity index (χ1v) is 7.75. The number of thiophene rings is 1. The summed E-state index contributed by atoms with van der Waals surface area (Å²) in [5.74, 6) is 1.88. The number of nitrogens with zero attached hydrogens (tertiary/aromatic N) is 1. The molecular weight excluding hydrogens is 296 g/mol. The standard InChI is InChI=1S/C14H20N2O2S.ClH/c1-18-12-5-6-19-13(12)14(17)16-7-9-3-2-4-11(15)10(9)8-16;/h5-6,9-11H,2-4,7-8,15H2,1H3;1H. The third-order valence-electron chi connectivity index (χ3n) is 4.48. The molecule has 1 aromatic heterocycles. The van der Waals surface area contributed by atoms with Gasteiger partial charge in [-0.3, -0.25) is 4.79 Å². The molecule has 3 atom stereocenters. The molecule has 1 amide bonds. The smallest absolute Gasteiger partial charge is 0.267 e. The Morgan fingerprint density at radius 2 is 2.25 bits per heavy atom. The van der Waals surface area contributed by atoms with E-state index in [1.54, 1.807) is 7.11 Å². The van der Waals surface area contributed by atoms with Crippen LogP contribution in [0.5, 0.6) is 5.75 Å². The zero-order valence-corrected chi connectivity index (χ0v) is 13.2. The van der Waals surface area contributed by atoms with Crippen LogP contribution >= 0.6 is 23.7 Å². The first-order valence-electron chi connectivity index (χ1n) is 6.87. The van der Waals surface area contributed by atoms with Crippen molar-refractivity contribution < 1.29 is 9.53 Å². The largest absolute Gasteiger partial charge is 0.495 e. The molecule has 1 aromatic rings. The lowest BCUT2D eigenvalue weighted by atomic mass is 9.78.